The normalized spacial score (nSPS) is 12.5. The molecule has 0 atom stereocenters. The van der Waals surface area contributed by atoms with E-state index in [4.69, 9.17) is 9.15 Å². The molecule has 0 spiro atoms. The molecule has 0 aliphatic carbocycles. The molecule has 0 bridgehead atoms. The van der Waals surface area contributed by atoms with Crippen molar-refractivity contribution >= 4 is 29.6 Å². The van der Waals surface area contributed by atoms with Gasteiger partial charge < -0.3 is 19.2 Å². The number of carbonyl (C=O) groups excluding carboxylic acids is 2. The van der Waals surface area contributed by atoms with Crippen LogP contribution in [0.15, 0.2) is 82.7 Å². The van der Waals surface area contributed by atoms with Gasteiger partial charge in [-0.15, -0.1) is 0 Å². The molecule has 0 aliphatic heterocycles. The number of esters is 1. The van der Waals surface area contributed by atoms with E-state index in [1.807, 2.05) is 49.3 Å². The molecule has 0 unspecified atom stereocenters. The predicted octanol–water partition coefficient (Wildman–Crippen LogP) is 4.57. The molecule has 6 nitrogen and oxygen atoms in total. The highest BCUT2D eigenvalue weighted by molar-refractivity contribution is 6.22. The van der Waals surface area contributed by atoms with E-state index in [2.05, 4.69) is 0 Å². The molecule has 0 saturated carbocycles. The van der Waals surface area contributed by atoms with Crippen molar-refractivity contribution in [1.29, 1.82) is 0 Å². The molecule has 0 radical (unpaired) electrons. The lowest BCUT2D eigenvalue weighted by Gasteiger charge is -2.11. The standard InChI is InChI=1S/C24H25NO5/c1-4-29-24(28)23(22(27)16-15-20-9-7-17-30-20)21(26)10-6-5-8-18-11-13-19(14-12-18)25(2)3/h5-17,27H,4H2,1-3H3/b8-5+,10-6+,16-15+,23-22+. The van der Waals surface area contributed by atoms with Crippen LogP contribution < -0.4 is 4.90 Å². The fraction of sp³-hybridized carbons (Fsp3) is 0.167. The Balaban J connectivity index is 2.14. The highest BCUT2D eigenvalue weighted by Gasteiger charge is 2.21. The van der Waals surface area contributed by atoms with E-state index >= 15 is 0 Å². The lowest BCUT2D eigenvalue weighted by Crippen LogP contribution is -2.16. The maximum absolute atomic E-state index is 12.5. The SMILES string of the molecule is CCOC(=O)/C(C(=O)/C=C/C=C/c1ccc(N(C)C)cc1)=C(O)\C=C\c1ccco1. The maximum Gasteiger partial charge on any atom is 0.345 e. The molecule has 1 heterocycles. The van der Waals surface area contributed by atoms with Crippen molar-refractivity contribution in [3.63, 3.8) is 0 Å². The summed E-state index contributed by atoms with van der Waals surface area (Å²) >= 11 is 0. The summed E-state index contributed by atoms with van der Waals surface area (Å²) in [6.45, 7) is 1.70. The van der Waals surface area contributed by atoms with Crippen molar-refractivity contribution in [2.24, 2.45) is 0 Å². The second kappa shape index (κ2) is 11.3. The average Bonchev–Trinajstić information content (AvgIpc) is 3.24. The molecule has 6 heteroatoms. The number of ether oxygens (including phenoxy) is 1. The van der Waals surface area contributed by atoms with Crippen LogP contribution in [0.5, 0.6) is 0 Å². The number of aliphatic hydroxyl groups is 1. The Morgan fingerprint density at radius 3 is 2.40 bits per heavy atom. The summed E-state index contributed by atoms with van der Waals surface area (Å²) in [5.41, 5.74) is 1.60. The first kappa shape index (κ1) is 22.5. The van der Waals surface area contributed by atoms with Crippen molar-refractivity contribution in [2.75, 3.05) is 25.6 Å². The first-order chi connectivity index (χ1) is 14.4. The molecule has 0 aliphatic rings. The monoisotopic (exact) mass is 407 g/mol. The van der Waals surface area contributed by atoms with Crippen LogP contribution in [0.3, 0.4) is 0 Å². The number of allylic oxidation sites excluding steroid dienone is 4. The third kappa shape index (κ3) is 6.67. The van der Waals surface area contributed by atoms with Gasteiger partial charge in [0.05, 0.1) is 12.9 Å². The van der Waals surface area contributed by atoms with Crippen molar-refractivity contribution in [3.8, 4) is 0 Å². The van der Waals surface area contributed by atoms with E-state index < -0.39 is 23.1 Å². The van der Waals surface area contributed by atoms with E-state index in [-0.39, 0.29) is 6.61 Å². The van der Waals surface area contributed by atoms with Crippen LogP contribution in [0.2, 0.25) is 0 Å². The summed E-state index contributed by atoms with van der Waals surface area (Å²) in [6.07, 6.45) is 10.4. The lowest BCUT2D eigenvalue weighted by atomic mass is 10.1. The average molecular weight is 407 g/mol. The Kier molecular flexibility index (Phi) is 8.44. The van der Waals surface area contributed by atoms with Crippen LogP contribution in [0.1, 0.15) is 18.2 Å². The van der Waals surface area contributed by atoms with Gasteiger partial charge in [0.1, 0.15) is 17.1 Å². The summed E-state index contributed by atoms with van der Waals surface area (Å²) in [5, 5.41) is 10.3. The number of hydrogen-bond donors (Lipinski definition) is 1. The Hall–Kier alpha value is -3.80. The van der Waals surface area contributed by atoms with Gasteiger partial charge in [-0.1, -0.05) is 30.4 Å². The summed E-state index contributed by atoms with van der Waals surface area (Å²) in [7, 11) is 3.93. The van der Waals surface area contributed by atoms with E-state index in [0.717, 1.165) is 11.3 Å². The number of hydrogen-bond acceptors (Lipinski definition) is 6. The zero-order valence-corrected chi connectivity index (χ0v) is 17.2. The zero-order chi connectivity index (χ0) is 21.9. The quantitative estimate of drug-likeness (QED) is 0.164. The Morgan fingerprint density at radius 1 is 1.07 bits per heavy atom. The summed E-state index contributed by atoms with van der Waals surface area (Å²) < 4.78 is 10.0. The van der Waals surface area contributed by atoms with Gasteiger partial charge in [-0.25, -0.2) is 4.79 Å². The highest BCUT2D eigenvalue weighted by Crippen LogP contribution is 2.14. The molecule has 156 valence electrons. The Labute approximate surface area is 176 Å². The third-order valence-corrected chi connectivity index (χ3v) is 3.99. The van der Waals surface area contributed by atoms with Gasteiger partial charge >= 0.3 is 5.97 Å². The third-order valence-electron chi connectivity index (χ3n) is 3.99. The number of aliphatic hydroxyl groups excluding tert-OH is 1. The summed E-state index contributed by atoms with van der Waals surface area (Å²) in [4.78, 5) is 26.6. The topological polar surface area (TPSA) is 80.0 Å². The van der Waals surface area contributed by atoms with Gasteiger partial charge in [0.2, 0.25) is 0 Å². The number of ketones is 1. The Morgan fingerprint density at radius 2 is 1.80 bits per heavy atom. The molecular weight excluding hydrogens is 382 g/mol. The van der Waals surface area contributed by atoms with Gasteiger partial charge in [-0.05, 0) is 55.0 Å². The molecule has 2 aromatic rings. The van der Waals surface area contributed by atoms with Crippen molar-refractivity contribution in [2.45, 2.75) is 6.92 Å². The molecule has 30 heavy (non-hydrogen) atoms. The number of carbonyl (C=O) groups is 2. The minimum Gasteiger partial charge on any atom is -0.507 e. The van der Waals surface area contributed by atoms with Crippen LogP contribution in [0, 0.1) is 0 Å². The molecule has 0 saturated heterocycles. The van der Waals surface area contributed by atoms with Gasteiger partial charge in [0.25, 0.3) is 0 Å². The van der Waals surface area contributed by atoms with Gasteiger partial charge in [-0.2, -0.15) is 0 Å². The van der Waals surface area contributed by atoms with Crippen molar-refractivity contribution < 1.29 is 23.8 Å². The van der Waals surface area contributed by atoms with Gasteiger partial charge in [0.15, 0.2) is 5.78 Å². The molecule has 2 rings (SSSR count). The molecule has 1 aromatic heterocycles. The number of furan rings is 1. The van der Waals surface area contributed by atoms with Crippen LogP contribution in [-0.4, -0.2) is 37.6 Å². The predicted molar refractivity (Wildman–Crippen MR) is 118 cm³/mol. The zero-order valence-electron chi connectivity index (χ0n) is 17.2. The van der Waals surface area contributed by atoms with E-state index in [1.54, 1.807) is 25.1 Å². The van der Waals surface area contributed by atoms with Crippen molar-refractivity contribution in [1.82, 2.24) is 0 Å². The van der Waals surface area contributed by atoms with E-state index in [9.17, 15) is 14.7 Å². The minimum absolute atomic E-state index is 0.0807. The number of rotatable bonds is 9. The van der Waals surface area contributed by atoms with E-state index in [0.29, 0.717) is 5.76 Å². The molecule has 1 N–H and O–H groups in total. The minimum atomic E-state index is -0.892. The summed E-state index contributed by atoms with van der Waals surface area (Å²) in [6, 6.07) is 11.2. The number of anilines is 1. The number of benzene rings is 1. The second-order valence-electron chi connectivity index (χ2n) is 6.40. The van der Waals surface area contributed by atoms with Crippen LogP contribution in [0.25, 0.3) is 12.2 Å². The molecule has 0 amide bonds. The van der Waals surface area contributed by atoms with Gasteiger partial charge in [0, 0.05) is 19.8 Å². The van der Waals surface area contributed by atoms with Crippen LogP contribution >= 0.6 is 0 Å². The number of nitrogens with zero attached hydrogens (tertiary/aromatic N) is 1. The van der Waals surface area contributed by atoms with Gasteiger partial charge in [-0.3, -0.25) is 4.79 Å². The smallest absolute Gasteiger partial charge is 0.345 e. The van der Waals surface area contributed by atoms with Crippen LogP contribution in [0.4, 0.5) is 5.69 Å². The lowest BCUT2D eigenvalue weighted by molar-refractivity contribution is -0.139. The fourth-order valence-electron chi connectivity index (χ4n) is 2.44. The first-order valence-electron chi connectivity index (χ1n) is 9.40. The van der Waals surface area contributed by atoms with Crippen molar-refractivity contribution in [3.05, 3.63) is 89.6 Å². The molecular formula is C24H25NO5. The Bertz CT molecular complexity index is 962. The molecule has 0 fully saturated rings. The highest BCUT2D eigenvalue weighted by atomic mass is 16.5. The first-order valence-corrected chi connectivity index (χ1v) is 9.40. The van der Waals surface area contributed by atoms with E-state index in [1.165, 1.54) is 30.6 Å². The largest absolute Gasteiger partial charge is 0.507 e. The molecule has 1 aromatic carbocycles. The second-order valence-corrected chi connectivity index (χ2v) is 6.40. The van der Waals surface area contributed by atoms with Crippen LogP contribution in [-0.2, 0) is 14.3 Å². The maximum atomic E-state index is 12.5. The fourth-order valence-corrected chi connectivity index (χ4v) is 2.44. The summed E-state index contributed by atoms with van der Waals surface area (Å²) in [5.74, 6) is -1.58.